The van der Waals surface area contributed by atoms with Gasteiger partial charge in [-0.3, -0.25) is 0 Å². The van der Waals surface area contributed by atoms with Crippen LogP contribution in [0.15, 0.2) is 0 Å². The van der Waals surface area contributed by atoms with Crippen LogP contribution in [0, 0.1) is 0 Å². The molecule has 2 nitrogen and oxygen atoms in total. The van der Waals surface area contributed by atoms with E-state index in [9.17, 15) is 0 Å². The molecule has 0 aromatic carbocycles. The molecule has 2 aliphatic rings. The van der Waals surface area contributed by atoms with E-state index in [1.165, 1.54) is 58.3 Å². The molecule has 0 saturated carbocycles. The Labute approximate surface area is 75.3 Å². The average molecular weight is 168 g/mol. The molecule has 2 aliphatic heterocycles. The van der Waals surface area contributed by atoms with Gasteiger partial charge in [0.25, 0.3) is 0 Å². The second kappa shape index (κ2) is 4.24. The van der Waals surface area contributed by atoms with Gasteiger partial charge >= 0.3 is 0 Å². The summed E-state index contributed by atoms with van der Waals surface area (Å²) in [5.41, 5.74) is 0. The molecular formula is C10H20N2. The molecule has 0 unspecified atom stereocenters. The van der Waals surface area contributed by atoms with Crippen molar-refractivity contribution in [2.24, 2.45) is 0 Å². The standard InChI is InChI=1S/C10H20N2/c1-2-9-12(8-1)10-4-3-6-11-7-5-10/h10-11H,1-9H2/t10-/m0/s1. The quantitative estimate of drug-likeness (QED) is 0.633. The van der Waals surface area contributed by atoms with Gasteiger partial charge in [0, 0.05) is 6.04 Å². The summed E-state index contributed by atoms with van der Waals surface area (Å²) in [4.78, 5) is 2.70. The van der Waals surface area contributed by atoms with Crippen LogP contribution in [0.5, 0.6) is 0 Å². The van der Waals surface area contributed by atoms with Gasteiger partial charge < -0.3 is 10.2 Å². The first-order valence-electron chi connectivity index (χ1n) is 5.41. The number of hydrogen-bond donors (Lipinski definition) is 1. The summed E-state index contributed by atoms with van der Waals surface area (Å²) in [6.07, 6.45) is 7.04. The molecule has 0 bridgehead atoms. The van der Waals surface area contributed by atoms with Crippen molar-refractivity contribution in [2.75, 3.05) is 26.2 Å². The smallest absolute Gasteiger partial charge is 0.0108 e. The van der Waals surface area contributed by atoms with E-state index in [0.29, 0.717) is 0 Å². The van der Waals surface area contributed by atoms with E-state index < -0.39 is 0 Å². The first kappa shape index (κ1) is 8.52. The fraction of sp³-hybridized carbons (Fsp3) is 1.00. The Balaban J connectivity index is 1.83. The number of nitrogens with one attached hydrogen (secondary N) is 1. The van der Waals surface area contributed by atoms with Crippen LogP contribution in [0.3, 0.4) is 0 Å². The van der Waals surface area contributed by atoms with Crippen molar-refractivity contribution in [1.29, 1.82) is 0 Å². The Morgan fingerprint density at radius 1 is 0.917 bits per heavy atom. The lowest BCUT2D eigenvalue weighted by molar-refractivity contribution is 0.225. The summed E-state index contributed by atoms with van der Waals surface area (Å²) in [6.45, 7) is 5.21. The van der Waals surface area contributed by atoms with Gasteiger partial charge in [-0.05, 0) is 58.3 Å². The molecule has 2 heteroatoms. The molecule has 2 rings (SSSR count). The van der Waals surface area contributed by atoms with Crippen molar-refractivity contribution < 1.29 is 0 Å². The first-order chi connectivity index (χ1) is 5.97. The van der Waals surface area contributed by atoms with Crippen molar-refractivity contribution in [3.63, 3.8) is 0 Å². The van der Waals surface area contributed by atoms with Gasteiger partial charge in [0.05, 0.1) is 0 Å². The van der Waals surface area contributed by atoms with Gasteiger partial charge in [0.15, 0.2) is 0 Å². The summed E-state index contributed by atoms with van der Waals surface area (Å²) in [7, 11) is 0. The van der Waals surface area contributed by atoms with Crippen LogP contribution >= 0.6 is 0 Å². The third-order valence-electron chi connectivity index (χ3n) is 3.20. The first-order valence-corrected chi connectivity index (χ1v) is 5.41. The van der Waals surface area contributed by atoms with Crippen LogP contribution in [0.1, 0.15) is 32.1 Å². The van der Waals surface area contributed by atoms with Gasteiger partial charge in [-0.25, -0.2) is 0 Å². The molecule has 1 atom stereocenters. The highest BCUT2D eigenvalue weighted by Gasteiger charge is 2.21. The van der Waals surface area contributed by atoms with Crippen molar-refractivity contribution in [2.45, 2.75) is 38.1 Å². The number of nitrogens with zero attached hydrogens (tertiary/aromatic N) is 1. The van der Waals surface area contributed by atoms with Gasteiger partial charge in [0.2, 0.25) is 0 Å². The molecule has 2 fully saturated rings. The van der Waals surface area contributed by atoms with Crippen LogP contribution in [0.4, 0.5) is 0 Å². The van der Waals surface area contributed by atoms with E-state index in [4.69, 9.17) is 0 Å². The zero-order valence-electron chi connectivity index (χ0n) is 7.89. The molecule has 0 aromatic heterocycles. The molecule has 1 N–H and O–H groups in total. The molecule has 0 aliphatic carbocycles. The lowest BCUT2D eigenvalue weighted by atomic mass is 10.1. The van der Waals surface area contributed by atoms with E-state index in [-0.39, 0.29) is 0 Å². The second-order valence-corrected chi connectivity index (χ2v) is 4.08. The third kappa shape index (κ3) is 1.99. The monoisotopic (exact) mass is 168 g/mol. The lowest BCUT2D eigenvalue weighted by Crippen LogP contribution is -2.33. The van der Waals surface area contributed by atoms with Crippen LogP contribution in [-0.2, 0) is 0 Å². The number of hydrogen-bond acceptors (Lipinski definition) is 2. The summed E-state index contributed by atoms with van der Waals surface area (Å²) < 4.78 is 0. The Morgan fingerprint density at radius 3 is 2.58 bits per heavy atom. The number of likely N-dealkylation sites (tertiary alicyclic amines) is 1. The van der Waals surface area contributed by atoms with Crippen molar-refractivity contribution in [3.05, 3.63) is 0 Å². The largest absolute Gasteiger partial charge is 0.317 e. The molecule has 0 amide bonds. The topological polar surface area (TPSA) is 15.3 Å². The van der Waals surface area contributed by atoms with E-state index in [2.05, 4.69) is 10.2 Å². The van der Waals surface area contributed by atoms with Crippen LogP contribution in [0.2, 0.25) is 0 Å². The summed E-state index contributed by atoms with van der Waals surface area (Å²) in [6, 6.07) is 0.905. The van der Waals surface area contributed by atoms with Crippen molar-refractivity contribution in [3.8, 4) is 0 Å². The zero-order chi connectivity index (χ0) is 8.23. The SMILES string of the molecule is C1CNCC[C@@H](N2CCCC2)C1. The molecule has 2 saturated heterocycles. The van der Waals surface area contributed by atoms with Gasteiger partial charge in [-0.1, -0.05) is 0 Å². The van der Waals surface area contributed by atoms with E-state index in [1.54, 1.807) is 0 Å². The maximum absolute atomic E-state index is 3.47. The van der Waals surface area contributed by atoms with Crippen LogP contribution in [-0.4, -0.2) is 37.1 Å². The van der Waals surface area contributed by atoms with Gasteiger partial charge in [-0.2, -0.15) is 0 Å². The maximum atomic E-state index is 3.47. The molecular weight excluding hydrogens is 148 g/mol. The normalized spacial score (nSPS) is 33.5. The molecule has 0 radical (unpaired) electrons. The minimum Gasteiger partial charge on any atom is -0.317 e. The molecule has 2 heterocycles. The Bertz CT molecular complexity index is 122. The fourth-order valence-electron chi connectivity index (χ4n) is 2.47. The summed E-state index contributed by atoms with van der Waals surface area (Å²) >= 11 is 0. The molecule has 0 aromatic rings. The Kier molecular flexibility index (Phi) is 3.01. The zero-order valence-corrected chi connectivity index (χ0v) is 7.89. The van der Waals surface area contributed by atoms with Crippen molar-refractivity contribution >= 4 is 0 Å². The summed E-state index contributed by atoms with van der Waals surface area (Å²) in [5, 5.41) is 3.47. The Hall–Kier alpha value is -0.0800. The van der Waals surface area contributed by atoms with E-state index in [1.807, 2.05) is 0 Å². The van der Waals surface area contributed by atoms with Gasteiger partial charge in [0.1, 0.15) is 0 Å². The maximum Gasteiger partial charge on any atom is 0.0108 e. The second-order valence-electron chi connectivity index (χ2n) is 4.08. The molecule has 0 spiro atoms. The predicted octanol–water partition coefficient (Wildman–Crippen LogP) is 1.22. The fourth-order valence-corrected chi connectivity index (χ4v) is 2.47. The third-order valence-corrected chi connectivity index (χ3v) is 3.20. The predicted molar refractivity (Wildman–Crippen MR) is 51.3 cm³/mol. The Morgan fingerprint density at radius 2 is 1.75 bits per heavy atom. The van der Waals surface area contributed by atoms with Gasteiger partial charge in [-0.15, -0.1) is 0 Å². The number of rotatable bonds is 1. The average Bonchev–Trinajstić information content (AvgIpc) is 2.48. The van der Waals surface area contributed by atoms with Crippen LogP contribution < -0.4 is 5.32 Å². The highest BCUT2D eigenvalue weighted by molar-refractivity contribution is 4.79. The van der Waals surface area contributed by atoms with E-state index >= 15 is 0 Å². The summed E-state index contributed by atoms with van der Waals surface area (Å²) in [5.74, 6) is 0. The highest BCUT2D eigenvalue weighted by atomic mass is 15.2. The minimum atomic E-state index is 0.905. The van der Waals surface area contributed by atoms with E-state index in [0.717, 1.165) is 6.04 Å². The van der Waals surface area contributed by atoms with Crippen LogP contribution in [0.25, 0.3) is 0 Å². The molecule has 70 valence electrons. The highest BCUT2D eigenvalue weighted by Crippen LogP contribution is 2.18. The van der Waals surface area contributed by atoms with Crippen molar-refractivity contribution in [1.82, 2.24) is 10.2 Å². The lowest BCUT2D eigenvalue weighted by Gasteiger charge is -2.25. The molecule has 12 heavy (non-hydrogen) atoms. The minimum absolute atomic E-state index is 0.905.